The summed E-state index contributed by atoms with van der Waals surface area (Å²) < 4.78 is 0. The van der Waals surface area contributed by atoms with Gasteiger partial charge in [0.25, 0.3) is 0 Å². The number of hydrogen-bond acceptors (Lipinski definition) is 3. The van der Waals surface area contributed by atoms with E-state index in [0.717, 1.165) is 26.2 Å². The Labute approximate surface area is 190 Å². The highest BCUT2D eigenvalue weighted by atomic mass is 127. The number of para-hydroxylation sites is 1. The lowest BCUT2D eigenvalue weighted by Gasteiger charge is -2.36. The van der Waals surface area contributed by atoms with Crippen LogP contribution in [0.5, 0.6) is 0 Å². The molecule has 2 aromatic rings. The van der Waals surface area contributed by atoms with Crippen LogP contribution in [0, 0.1) is 6.92 Å². The highest BCUT2D eigenvalue weighted by Crippen LogP contribution is 2.15. The Kier molecular flexibility index (Phi) is 9.24. The fourth-order valence-corrected chi connectivity index (χ4v) is 3.24. The molecule has 0 radical (unpaired) electrons. The van der Waals surface area contributed by atoms with Gasteiger partial charge in [-0.05, 0) is 24.6 Å². The van der Waals surface area contributed by atoms with E-state index in [-0.39, 0.29) is 36.4 Å². The first kappa shape index (κ1) is 23.0. The van der Waals surface area contributed by atoms with E-state index in [9.17, 15) is 4.79 Å². The van der Waals surface area contributed by atoms with Gasteiger partial charge in [-0.15, -0.1) is 24.0 Å². The highest BCUT2D eigenvalue weighted by molar-refractivity contribution is 14.0. The van der Waals surface area contributed by atoms with Gasteiger partial charge in [0.2, 0.25) is 5.91 Å². The molecule has 156 valence electrons. The molecule has 0 spiro atoms. The van der Waals surface area contributed by atoms with E-state index in [1.54, 1.807) is 7.05 Å². The predicted octanol–water partition coefficient (Wildman–Crippen LogP) is 2.63. The molecule has 1 fully saturated rings. The Morgan fingerprint density at radius 3 is 2.24 bits per heavy atom. The molecule has 0 saturated carbocycles. The molecule has 1 aliphatic rings. The van der Waals surface area contributed by atoms with Gasteiger partial charge < -0.3 is 20.4 Å². The maximum Gasteiger partial charge on any atom is 0.242 e. The van der Waals surface area contributed by atoms with Gasteiger partial charge in [-0.2, -0.15) is 0 Å². The van der Waals surface area contributed by atoms with Crippen molar-refractivity contribution in [1.82, 2.24) is 15.5 Å². The third-order valence-corrected chi connectivity index (χ3v) is 4.96. The van der Waals surface area contributed by atoms with Gasteiger partial charge >= 0.3 is 0 Å². The van der Waals surface area contributed by atoms with E-state index < -0.39 is 0 Å². The molecular formula is C22H30IN5O. The minimum Gasteiger partial charge on any atom is -0.368 e. The smallest absolute Gasteiger partial charge is 0.242 e. The third-order valence-electron chi connectivity index (χ3n) is 4.96. The van der Waals surface area contributed by atoms with Crippen molar-refractivity contribution >= 4 is 41.5 Å². The molecule has 2 N–H and O–H groups in total. The Bertz CT molecular complexity index is 787. The number of halogens is 1. The van der Waals surface area contributed by atoms with Gasteiger partial charge in [-0.3, -0.25) is 9.79 Å². The standard InChI is InChI=1S/C22H29N5O.HI/c1-18-8-10-19(11-9-18)16-24-22(23-2)25-17-21(28)27-14-12-26(13-15-27)20-6-4-3-5-7-20;/h3-11H,12-17H2,1-2H3,(H2,23,24,25);1H. The lowest BCUT2D eigenvalue weighted by Crippen LogP contribution is -2.52. The Morgan fingerprint density at radius 2 is 1.62 bits per heavy atom. The monoisotopic (exact) mass is 507 g/mol. The van der Waals surface area contributed by atoms with Crippen molar-refractivity contribution in [2.75, 3.05) is 44.7 Å². The maximum atomic E-state index is 12.5. The number of nitrogens with one attached hydrogen (secondary N) is 2. The van der Waals surface area contributed by atoms with Crippen LogP contribution in [0.25, 0.3) is 0 Å². The lowest BCUT2D eigenvalue weighted by atomic mass is 10.1. The number of guanidine groups is 1. The summed E-state index contributed by atoms with van der Waals surface area (Å²) in [5.74, 6) is 0.739. The second-order valence-electron chi connectivity index (χ2n) is 6.97. The summed E-state index contributed by atoms with van der Waals surface area (Å²) in [7, 11) is 1.72. The summed E-state index contributed by atoms with van der Waals surface area (Å²) in [6, 6.07) is 18.7. The van der Waals surface area contributed by atoms with E-state index in [0.29, 0.717) is 12.5 Å². The molecule has 0 aromatic heterocycles. The fraction of sp³-hybridized carbons (Fsp3) is 0.364. The summed E-state index contributed by atoms with van der Waals surface area (Å²) in [5, 5.41) is 6.38. The van der Waals surface area contributed by atoms with Gasteiger partial charge in [0.05, 0.1) is 6.54 Å². The van der Waals surface area contributed by atoms with Crippen molar-refractivity contribution < 1.29 is 4.79 Å². The van der Waals surface area contributed by atoms with Crippen molar-refractivity contribution in [2.45, 2.75) is 13.5 Å². The van der Waals surface area contributed by atoms with Crippen molar-refractivity contribution in [3.05, 3.63) is 65.7 Å². The van der Waals surface area contributed by atoms with Crippen molar-refractivity contribution in [2.24, 2.45) is 4.99 Å². The van der Waals surface area contributed by atoms with E-state index in [4.69, 9.17) is 0 Å². The first-order chi connectivity index (χ1) is 13.7. The number of amides is 1. The molecule has 1 heterocycles. The van der Waals surface area contributed by atoms with E-state index in [1.807, 2.05) is 23.1 Å². The number of carbonyl (C=O) groups excluding carboxylic acids is 1. The summed E-state index contributed by atoms with van der Waals surface area (Å²) in [6.07, 6.45) is 0. The zero-order chi connectivity index (χ0) is 19.8. The van der Waals surface area contributed by atoms with Crippen LogP contribution in [0.1, 0.15) is 11.1 Å². The molecule has 1 amide bonds. The Balaban J connectivity index is 0.00000300. The topological polar surface area (TPSA) is 60.0 Å². The molecule has 0 bridgehead atoms. The Morgan fingerprint density at radius 1 is 0.966 bits per heavy atom. The summed E-state index contributed by atoms with van der Waals surface area (Å²) >= 11 is 0. The molecule has 0 aliphatic carbocycles. The Hall–Kier alpha value is -2.29. The number of aliphatic imine (C=N–C) groups is 1. The first-order valence-corrected chi connectivity index (χ1v) is 9.73. The van der Waals surface area contributed by atoms with Crippen molar-refractivity contribution in [1.29, 1.82) is 0 Å². The van der Waals surface area contributed by atoms with Crippen molar-refractivity contribution in [3.8, 4) is 0 Å². The average Bonchev–Trinajstić information content (AvgIpc) is 2.75. The van der Waals surface area contributed by atoms with Crippen molar-refractivity contribution in [3.63, 3.8) is 0 Å². The lowest BCUT2D eigenvalue weighted by molar-refractivity contribution is -0.130. The number of aryl methyl sites for hydroxylation is 1. The molecule has 1 aliphatic heterocycles. The minimum absolute atomic E-state index is 0. The molecule has 2 aromatic carbocycles. The van der Waals surface area contributed by atoms with Crippen LogP contribution < -0.4 is 15.5 Å². The minimum atomic E-state index is 0. The molecule has 3 rings (SSSR count). The normalized spacial score (nSPS) is 14.2. The number of rotatable bonds is 5. The second kappa shape index (κ2) is 11.6. The first-order valence-electron chi connectivity index (χ1n) is 9.73. The van der Waals surface area contributed by atoms with Crippen LogP contribution in [0.2, 0.25) is 0 Å². The van der Waals surface area contributed by atoms with Crippen LogP contribution in [-0.2, 0) is 11.3 Å². The van der Waals surface area contributed by atoms with Gasteiger partial charge in [0.15, 0.2) is 5.96 Å². The maximum absolute atomic E-state index is 12.5. The van der Waals surface area contributed by atoms with Gasteiger partial charge in [-0.1, -0.05) is 48.0 Å². The van der Waals surface area contributed by atoms with Crippen LogP contribution in [0.3, 0.4) is 0 Å². The molecule has 29 heavy (non-hydrogen) atoms. The van der Waals surface area contributed by atoms with E-state index >= 15 is 0 Å². The molecular weight excluding hydrogens is 477 g/mol. The molecule has 7 heteroatoms. The van der Waals surface area contributed by atoms with Crippen LogP contribution in [0.4, 0.5) is 5.69 Å². The zero-order valence-corrected chi connectivity index (χ0v) is 19.4. The van der Waals surface area contributed by atoms with Crippen LogP contribution in [-0.4, -0.2) is 56.5 Å². The highest BCUT2D eigenvalue weighted by Gasteiger charge is 2.21. The number of anilines is 1. The van der Waals surface area contributed by atoms with Crippen LogP contribution in [0.15, 0.2) is 59.6 Å². The molecule has 0 atom stereocenters. The number of carbonyl (C=O) groups is 1. The quantitative estimate of drug-likeness (QED) is 0.371. The van der Waals surface area contributed by atoms with Gasteiger partial charge in [-0.25, -0.2) is 0 Å². The van der Waals surface area contributed by atoms with E-state index in [1.165, 1.54) is 16.8 Å². The SMILES string of the molecule is CN=C(NCC(=O)N1CCN(c2ccccc2)CC1)NCc1ccc(C)cc1.I. The predicted molar refractivity (Wildman–Crippen MR) is 130 cm³/mol. The number of nitrogens with zero attached hydrogens (tertiary/aromatic N) is 3. The summed E-state index contributed by atoms with van der Waals surface area (Å²) in [6.45, 7) is 6.19. The average molecular weight is 507 g/mol. The number of hydrogen-bond donors (Lipinski definition) is 2. The van der Waals surface area contributed by atoms with Gasteiger partial charge in [0.1, 0.15) is 0 Å². The molecule has 0 unspecified atom stereocenters. The molecule has 6 nitrogen and oxygen atoms in total. The summed E-state index contributed by atoms with van der Waals surface area (Å²) in [4.78, 5) is 21.0. The van der Waals surface area contributed by atoms with Crippen LogP contribution >= 0.6 is 24.0 Å². The van der Waals surface area contributed by atoms with Gasteiger partial charge in [0, 0.05) is 45.5 Å². The summed E-state index contributed by atoms with van der Waals surface area (Å²) in [5.41, 5.74) is 3.63. The third kappa shape index (κ3) is 6.92. The second-order valence-corrected chi connectivity index (χ2v) is 6.97. The number of benzene rings is 2. The van der Waals surface area contributed by atoms with E-state index in [2.05, 4.69) is 63.8 Å². The largest absolute Gasteiger partial charge is 0.368 e. The fourth-order valence-electron chi connectivity index (χ4n) is 3.24. The number of piperazine rings is 1. The zero-order valence-electron chi connectivity index (χ0n) is 17.1. The molecule has 1 saturated heterocycles.